The van der Waals surface area contributed by atoms with Gasteiger partial charge in [0.1, 0.15) is 23.2 Å². The zero-order valence-corrected chi connectivity index (χ0v) is 20.9. The Morgan fingerprint density at radius 1 is 1.14 bits per heavy atom. The summed E-state index contributed by atoms with van der Waals surface area (Å²) < 4.78 is 11.8. The van der Waals surface area contributed by atoms with Crippen LogP contribution in [0.4, 0.5) is 0 Å². The number of carbonyl (C=O) groups excluding carboxylic acids is 2. The predicted octanol–water partition coefficient (Wildman–Crippen LogP) is 2.84. The lowest BCUT2D eigenvalue weighted by Crippen LogP contribution is -2.53. The Bertz CT molecular complexity index is 1250. The van der Waals surface area contributed by atoms with Crippen molar-refractivity contribution in [3.8, 4) is 11.5 Å². The third-order valence-electron chi connectivity index (χ3n) is 7.05. The molecule has 0 aromatic heterocycles. The summed E-state index contributed by atoms with van der Waals surface area (Å²) in [4.78, 5) is 32.5. The van der Waals surface area contributed by atoms with E-state index in [2.05, 4.69) is 10.3 Å². The third kappa shape index (κ3) is 4.17. The maximum atomic E-state index is 13.4. The number of fused-ring (bicyclic) bond motifs is 2. The molecule has 0 fully saturated rings. The van der Waals surface area contributed by atoms with E-state index in [1.165, 1.54) is 4.90 Å². The maximum absolute atomic E-state index is 13.4. The summed E-state index contributed by atoms with van der Waals surface area (Å²) in [5.41, 5.74) is 6.59. The van der Waals surface area contributed by atoms with E-state index in [1.54, 1.807) is 32.0 Å². The number of benzene rings is 2. The molecule has 4 N–H and O–H groups in total. The Morgan fingerprint density at radius 3 is 2.64 bits per heavy atom. The number of aliphatic imine (C=N–C) groups is 1. The molecule has 2 aromatic rings. The maximum Gasteiger partial charge on any atom is 0.251 e. The summed E-state index contributed by atoms with van der Waals surface area (Å²) >= 11 is 0. The molecule has 5 rings (SSSR count). The van der Waals surface area contributed by atoms with E-state index >= 15 is 0 Å². The van der Waals surface area contributed by atoms with Crippen molar-refractivity contribution in [3.63, 3.8) is 0 Å². The van der Waals surface area contributed by atoms with Crippen LogP contribution in [0, 0.1) is 0 Å². The molecule has 0 spiro atoms. The zero-order chi connectivity index (χ0) is 25.8. The fourth-order valence-electron chi connectivity index (χ4n) is 5.23. The number of carbonyl (C=O) groups is 2. The number of nitrogens with zero attached hydrogens (tertiary/aromatic N) is 2. The number of guanidine groups is 1. The molecule has 3 aliphatic rings. The molecule has 190 valence electrons. The van der Waals surface area contributed by atoms with Crippen LogP contribution in [0.25, 0.3) is 0 Å². The second-order valence-electron chi connectivity index (χ2n) is 10.8. The van der Waals surface area contributed by atoms with Gasteiger partial charge < -0.3 is 25.6 Å². The fourth-order valence-corrected chi connectivity index (χ4v) is 5.23. The van der Waals surface area contributed by atoms with Crippen LogP contribution in [-0.4, -0.2) is 51.6 Å². The molecule has 2 aromatic carbocycles. The van der Waals surface area contributed by atoms with Crippen LogP contribution in [0.5, 0.6) is 11.5 Å². The monoisotopic (exact) mass is 492 g/mol. The zero-order valence-electron chi connectivity index (χ0n) is 20.9. The van der Waals surface area contributed by atoms with Crippen molar-refractivity contribution in [1.82, 2.24) is 10.2 Å². The van der Waals surface area contributed by atoms with Crippen LogP contribution in [0.2, 0.25) is 0 Å². The third-order valence-corrected chi connectivity index (χ3v) is 7.05. The van der Waals surface area contributed by atoms with Crippen molar-refractivity contribution in [2.45, 2.75) is 69.9 Å². The largest absolute Gasteiger partial charge is 0.493 e. The highest BCUT2D eigenvalue weighted by atomic mass is 16.5. The number of rotatable bonds is 3. The quantitative estimate of drug-likeness (QED) is 0.605. The van der Waals surface area contributed by atoms with Gasteiger partial charge in [0.2, 0.25) is 5.91 Å². The fraction of sp³-hybridized carbons (Fsp3) is 0.444. The average Bonchev–Trinajstić information content (AvgIpc) is 2.80. The highest BCUT2D eigenvalue weighted by Gasteiger charge is 2.44. The minimum Gasteiger partial charge on any atom is -0.493 e. The molecule has 9 heteroatoms. The Labute approximate surface area is 210 Å². The number of aliphatic hydroxyl groups is 1. The van der Waals surface area contributed by atoms with E-state index in [4.69, 9.17) is 15.2 Å². The van der Waals surface area contributed by atoms with Gasteiger partial charge >= 0.3 is 0 Å². The molecule has 0 radical (unpaired) electrons. The molecule has 9 nitrogen and oxygen atoms in total. The van der Waals surface area contributed by atoms with Crippen molar-refractivity contribution in [2.75, 3.05) is 6.61 Å². The lowest BCUT2D eigenvalue weighted by atomic mass is 9.86. The lowest BCUT2D eigenvalue weighted by molar-refractivity contribution is -0.131. The highest BCUT2D eigenvalue weighted by Crippen LogP contribution is 2.41. The molecular formula is C27H32N4O5. The van der Waals surface area contributed by atoms with Crippen LogP contribution in [0.15, 0.2) is 47.5 Å². The number of nitrogens with one attached hydrogen (secondary N) is 1. The Hall–Kier alpha value is -3.59. The minimum absolute atomic E-state index is 0.107. The van der Waals surface area contributed by atoms with Crippen molar-refractivity contribution < 1.29 is 24.2 Å². The molecule has 36 heavy (non-hydrogen) atoms. The molecule has 1 unspecified atom stereocenters. The van der Waals surface area contributed by atoms with E-state index < -0.39 is 23.3 Å². The first-order valence-electron chi connectivity index (χ1n) is 12.2. The van der Waals surface area contributed by atoms with E-state index in [9.17, 15) is 14.7 Å². The Kier molecular flexibility index (Phi) is 5.70. The van der Waals surface area contributed by atoms with E-state index in [1.807, 2.05) is 38.1 Å². The van der Waals surface area contributed by atoms with Gasteiger partial charge in [0, 0.05) is 23.1 Å². The van der Waals surface area contributed by atoms with Crippen molar-refractivity contribution in [1.29, 1.82) is 0 Å². The smallest absolute Gasteiger partial charge is 0.251 e. The lowest BCUT2D eigenvalue weighted by Gasteiger charge is -2.42. The molecule has 3 aliphatic heterocycles. The second kappa shape index (κ2) is 8.51. The van der Waals surface area contributed by atoms with Gasteiger partial charge in [-0.05, 0) is 52.0 Å². The SMILES string of the molecule is CC1(C)CC(=O)N([C@@H]2CCOc3ccc(C(=O)NC4c5ccccc5OC(C)(C)[C@H]4O)cc32)C(N)=N1. The second-order valence-corrected chi connectivity index (χ2v) is 10.8. The van der Waals surface area contributed by atoms with Gasteiger partial charge in [0.25, 0.3) is 5.91 Å². The Morgan fingerprint density at radius 2 is 1.89 bits per heavy atom. The normalized spacial score (nSPS) is 26.0. The summed E-state index contributed by atoms with van der Waals surface area (Å²) in [5, 5.41) is 14.0. The van der Waals surface area contributed by atoms with Crippen molar-refractivity contribution in [3.05, 3.63) is 59.2 Å². The van der Waals surface area contributed by atoms with Gasteiger partial charge in [-0.15, -0.1) is 0 Å². The highest BCUT2D eigenvalue weighted by molar-refractivity contribution is 6.00. The van der Waals surface area contributed by atoms with Gasteiger partial charge in [-0.3, -0.25) is 14.5 Å². The van der Waals surface area contributed by atoms with Crippen LogP contribution in [-0.2, 0) is 4.79 Å². The van der Waals surface area contributed by atoms with Crippen LogP contribution < -0.4 is 20.5 Å². The summed E-state index contributed by atoms with van der Waals surface area (Å²) in [5.74, 6) is 0.938. The summed E-state index contributed by atoms with van der Waals surface area (Å²) in [6.45, 7) is 7.75. The van der Waals surface area contributed by atoms with E-state index in [0.29, 0.717) is 41.2 Å². The molecule has 0 saturated carbocycles. The summed E-state index contributed by atoms with van der Waals surface area (Å²) in [7, 11) is 0. The molecule has 0 aliphatic carbocycles. The first-order chi connectivity index (χ1) is 17.0. The molecule has 3 atom stereocenters. The number of hydrogen-bond donors (Lipinski definition) is 3. The molecule has 0 bridgehead atoms. The molecule has 0 saturated heterocycles. The predicted molar refractivity (Wildman–Crippen MR) is 134 cm³/mol. The van der Waals surface area contributed by atoms with Crippen LogP contribution in [0.3, 0.4) is 0 Å². The van der Waals surface area contributed by atoms with Crippen molar-refractivity contribution in [2.24, 2.45) is 10.7 Å². The number of nitrogens with two attached hydrogens (primary N) is 1. The van der Waals surface area contributed by atoms with Crippen molar-refractivity contribution >= 4 is 17.8 Å². The Balaban J connectivity index is 1.46. The number of amides is 2. The van der Waals surface area contributed by atoms with Gasteiger partial charge in [-0.25, -0.2) is 4.99 Å². The number of ether oxygens (including phenoxy) is 2. The molecule has 2 amide bonds. The van der Waals surface area contributed by atoms with Gasteiger partial charge in [-0.2, -0.15) is 0 Å². The standard InChI is InChI=1S/C27H32N4O5/c1-26(2)14-21(32)31(25(28)30-26)18-11-12-35-19-10-9-15(13-17(18)19)24(34)29-22-16-7-5-6-8-20(16)36-27(3,4)23(22)33/h5-10,13,18,22-23,33H,11-12,14H2,1-4H3,(H2,28,30)(H,29,34)/t18-,22?,23+/m1/s1. The van der Waals surface area contributed by atoms with Gasteiger partial charge in [-0.1, -0.05) is 18.2 Å². The van der Waals surface area contributed by atoms with Crippen LogP contribution in [0.1, 0.15) is 74.1 Å². The van der Waals surface area contributed by atoms with Gasteiger partial charge in [0.05, 0.1) is 30.7 Å². The van der Waals surface area contributed by atoms with Crippen LogP contribution >= 0.6 is 0 Å². The van der Waals surface area contributed by atoms with E-state index in [0.717, 1.165) is 0 Å². The number of hydrogen-bond acceptors (Lipinski definition) is 7. The number of aliphatic hydroxyl groups excluding tert-OH is 1. The molecule has 3 heterocycles. The summed E-state index contributed by atoms with van der Waals surface area (Å²) in [6.07, 6.45) is -0.187. The van der Waals surface area contributed by atoms with Gasteiger partial charge in [0.15, 0.2) is 5.96 Å². The minimum atomic E-state index is -0.963. The first-order valence-corrected chi connectivity index (χ1v) is 12.2. The number of para-hydroxylation sites is 1. The topological polar surface area (TPSA) is 126 Å². The van der Waals surface area contributed by atoms with E-state index in [-0.39, 0.29) is 30.2 Å². The molecular weight excluding hydrogens is 460 g/mol. The first kappa shape index (κ1) is 24.1. The average molecular weight is 493 g/mol. The summed E-state index contributed by atoms with van der Waals surface area (Å²) in [6, 6.07) is 11.5.